The average Bonchev–Trinajstić information content (AvgIpc) is 2.62. The average molecular weight is 287 g/mol. The van der Waals surface area contributed by atoms with Crippen molar-refractivity contribution >= 4 is 15.9 Å². The van der Waals surface area contributed by atoms with Crippen molar-refractivity contribution in [2.75, 3.05) is 13.2 Å². The maximum atomic E-state index is 8.88. The fraction of sp³-hybridized carbons (Fsp3) is 0.500. The van der Waals surface area contributed by atoms with Crippen LogP contribution >= 0.6 is 15.9 Å². The van der Waals surface area contributed by atoms with Gasteiger partial charge in [0.15, 0.2) is 5.79 Å². The van der Waals surface area contributed by atoms with Gasteiger partial charge in [0.1, 0.15) is 0 Å². The second-order valence-corrected chi connectivity index (χ2v) is 4.84. The zero-order chi connectivity index (χ0) is 11.6. The third-order valence-corrected chi connectivity index (χ3v) is 3.44. The van der Waals surface area contributed by atoms with Crippen LogP contribution in [0.2, 0.25) is 0 Å². The summed E-state index contributed by atoms with van der Waals surface area (Å²) in [7, 11) is 0. The molecule has 1 aromatic rings. The molecule has 88 valence electrons. The molecule has 16 heavy (non-hydrogen) atoms. The van der Waals surface area contributed by atoms with E-state index in [2.05, 4.69) is 15.9 Å². The molecule has 1 aliphatic heterocycles. The first kappa shape index (κ1) is 12.0. The molecule has 3 nitrogen and oxygen atoms in total. The van der Waals surface area contributed by atoms with E-state index < -0.39 is 5.79 Å². The van der Waals surface area contributed by atoms with Gasteiger partial charge in [-0.05, 0) is 19.4 Å². The number of ether oxygens (including phenoxy) is 2. The molecule has 2 atom stereocenters. The number of benzene rings is 1. The largest absolute Gasteiger partial charge is 0.396 e. The van der Waals surface area contributed by atoms with Gasteiger partial charge in [0.25, 0.3) is 0 Å². The minimum atomic E-state index is -0.708. The molecule has 2 unspecified atom stereocenters. The van der Waals surface area contributed by atoms with Gasteiger partial charge >= 0.3 is 0 Å². The minimum absolute atomic E-state index is 0.0258. The summed E-state index contributed by atoms with van der Waals surface area (Å²) in [6, 6.07) is 7.85. The van der Waals surface area contributed by atoms with E-state index in [1.807, 2.05) is 31.2 Å². The van der Waals surface area contributed by atoms with Gasteiger partial charge in [-0.3, -0.25) is 0 Å². The van der Waals surface area contributed by atoms with E-state index in [-0.39, 0.29) is 12.7 Å². The maximum absolute atomic E-state index is 8.88. The van der Waals surface area contributed by atoms with Crippen LogP contribution in [0.3, 0.4) is 0 Å². The molecular weight excluding hydrogens is 272 g/mol. The van der Waals surface area contributed by atoms with E-state index >= 15 is 0 Å². The fourth-order valence-corrected chi connectivity index (χ4v) is 2.54. The highest BCUT2D eigenvalue weighted by Gasteiger charge is 2.39. The highest BCUT2D eigenvalue weighted by atomic mass is 79.9. The van der Waals surface area contributed by atoms with Crippen molar-refractivity contribution in [3.05, 3.63) is 34.3 Å². The molecule has 0 amide bonds. The standard InChI is InChI=1S/C12H15BrO3/c1-12(10-4-2-3-5-11(10)13)15-8-9(16-12)6-7-14/h2-5,9,14H,6-8H2,1H3. The topological polar surface area (TPSA) is 38.7 Å². The maximum Gasteiger partial charge on any atom is 0.193 e. The van der Waals surface area contributed by atoms with Crippen LogP contribution in [0, 0.1) is 0 Å². The molecule has 0 radical (unpaired) electrons. The Morgan fingerprint density at radius 2 is 2.25 bits per heavy atom. The fourth-order valence-electron chi connectivity index (χ4n) is 1.90. The van der Waals surface area contributed by atoms with E-state index in [0.717, 1.165) is 10.0 Å². The molecule has 0 bridgehead atoms. The Bertz CT molecular complexity index is 369. The monoisotopic (exact) mass is 286 g/mol. The number of aliphatic hydroxyl groups is 1. The Kier molecular flexibility index (Phi) is 3.64. The van der Waals surface area contributed by atoms with E-state index in [4.69, 9.17) is 14.6 Å². The first-order valence-electron chi connectivity index (χ1n) is 5.33. The van der Waals surface area contributed by atoms with Gasteiger partial charge in [-0.15, -0.1) is 0 Å². The number of aliphatic hydroxyl groups excluding tert-OH is 1. The van der Waals surface area contributed by atoms with E-state index in [0.29, 0.717) is 13.0 Å². The van der Waals surface area contributed by atoms with Crippen LogP contribution in [0.5, 0.6) is 0 Å². The SMILES string of the molecule is CC1(c2ccccc2Br)OCC(CCO)O1. The Hall–Kier alpha value is -0.420. The van der Waals surface area contributed by atoms with Crippen molar-refractivity contribution in [3.63, 3.8) is 0 Å². The van der Waals surface area contributed by atoms with E-state index in [9.17, 15) is 0 Å². The van der Waals surface area contributed by atoms with Gasteiger partial charge in [0, 0.05) is 16.6 Å². The first-order valence-corrected chi connectivity index (χ1v) is 6.12. The number of rotatable bonds is 3. The predicted octanol–water partition coefficient (Wildman–Crippen LogP) is 2.42. The first-order chi connectivity index (χ1) is 7.65. The smallest absolute Gasteiger partial charge is 0.193 e. The van der Waals surface area contributed by atoms with Gasteiger partial charge in [-0.2, -0.15) is 0 Å². The summed E-state index contributed by atoms with van der Waals surface area (Å²) >= 11 is 3.49. The Morgan fingerprint density at radius 3 is 2.94 bits per heavy atom. The van der Waals surface area contributed by atoms with Gasteiger partial charge in [0.2, 0.25) is 0 Å². The van der Waals surface area contributed by atoms with Crippen LogP contribution < -0.4 is 0 Å². The molecule has 0 aromatic heterocycles. The summed E-state index contributed by atoms with van der Waals surface area (Å²) in [5.74, 6) is -0.708. The summed E-state index contributed by atoms with van der Waals surface area (Å²) in [6.45, 7) is 2.56. The van der Waals surface area contributed by atoms with Crippen molar-refractivity contribution in [2.45, 2.75) is 25.2 Å². The zero-order valence-electron chi connectivity index (χ0n) is 9.15. The second kappa shape index (κ2) is 4.84. The minimum Gasteiger partial charge on any atom is -0.396 e. The quantitative estimate of drug-likeness (QED) is 0.928. The van der Waals surface area contributed by atoms with Gasteiger partial charge < -0.3 is 14.6 Å². The third kappa shape index (κ3) is 2.30. The number of hydrogen-bond acceptors (Lipinski definition) is 3. The summed E-state index contributed by atoms with van der Waals surface area (Å²) in [6.07, 6.45) is 0.585. The van der Waals surface area contributed by atoms with Gasteiger partial charge in [-0.1, -0.05) is 34.1 Å². The lowest BCUT2D eigenvalue weighted by Gasteiger charge is -2.24. The summed E-state index contributed by atoms with van der Waals surface area (Å²) < 4.78 is 12.5. The number of hydrogen-bond donors (Lipinski definition) is 1. The molecule has 1 fully saturated rings. The lowest BCUT2D eigenvalue weighted by molar-refractivity contribution is -0.163. The van der Waals surface area contributed by atoms with Crippen LogP contribution in [0.1, 0.15) is 18.9 Å². The van der Waals surface area contributed by atoms with Crippen LogP contribution in [-0.4, -0.2) is 24.4 Å². The molecule has 1 aliphatic rings. The van der Waals surface area contributed by atoms with E-state index in [1.165, 1.54) is 0 Å². The van der Waals surface area contributed by atoms with Crippen molar-refractivity contribution in [3.8, 4) is 0 Å². The Morgan fingerprint density at radius 1 is 1.50 bits per heavy atom. The molecule has 0 aliphatic carbocycles. The molecule has 1 aromatic carbocycles. The van der Waals surface area contributed by atoms with Crippen LogP contribution in [0.25, 0.3) is 0 Å². The van der Waals surface area contributed by atoms with Gasteiger partial charge in [-0.25, -0.2) is 0 Å². The van der Waals surface area contributed by atoms with Gasteiger partial charge in [0.05, 0.1) is 12.7 Å². The van der Waals surface area contributed by atoms with E-state index in [1.54, 1.807) is 0 Å². The predicted molar refractivity (Wildman–Crippen MR) is 64.0 cm³/mol. The molecular formula is C12H15BrO3. The second-order valence-electron chi connectivity index (χ2n) is 3.99. The summed E-state index contributed by atoms with van der Waals surface area (Å²) in [5, 5.41) is 8.88. The molecule has 0 saturated carbocycles. The highest BCUT2D eigenvalue weighted by molar-refractivity contribution is 9.10. The highest BCUT2D eigenvalue weighted by Crippen LogP contribution is 2.38. The normalized spacial score (nSPS) is 29.6. The van der Waals surface area contributed by atoms with Crippen molar-refractivity contribution in [1.82, 2.24) is 0 Å². The molecule has 1 heterocycles. The van der Waals surface area contributed by atoms with Crippen LogP contribution in [-0.2, 0) is 15.3 Å². The Balaban J connectivity index is 2.18. The lowest BCUT2D eigenvalue weighted by atomic mass is 10.1. The molecule has 0 spiro atoms. The van der Waals surface area contributed by atoms with Crippen molar-refractivity contribution in [1.29, 1.82) is 0 Å². The van der Waals surface area contributed by atoms with Crippen molar-refractivity contribution in [2.24, 2.45) is 0 Å². The lowest BCUT2D eigenvalue weighted by Crippen LogP contribution is -2.24. The summed E-state index contributed by atoms with van der Waals surface area (Å²) in [5.41, 5.74) is 0.982. The molecule has 1 saturated heterocycles. The Labute approximate surface area is 104 Å². The van der Waals surface area contributed by atoms with Crippen LogP contribution in [0.15, 0.2) is 28.7 Å². The van der Waals surface area contributed by atoms with Crippen molar-refractivity contribution < 1.29 is 14.6 Å². The summed E-state index contributed by atoms with van der Waals surface area (Å²) in [4.78, 5) is 0. The molecule has 1 N–H and O–H groups in total. The zero-order valence-corrected chi connectivity index (χ0v) is 10.7. The molecule has 4 heteroatoms. The third-order valence-electron chi connectivity index (χ3n) is 2.75. The number of halogens is 1. The van der Waals surface area contributed by atoms with Crippen LogP contribution in [0.4, 0.5) is 0 Å². The molecule has 2 rings (SSSR count).